The van der Waals surface area contributed by atoms with Gasteiger partial charge in [0.2, 0.25) is 0 Å². The Bertz CT molecular complexity index is 647. The molecule has 0 amide bonds. The van der Waals surface area contributed by atoms with E-state index in [1.54, 1.807) is 0 Å². The van der Waals surface area contributed by atoms with Crippen LogP contribution in [0.15, 0.2) is 22.7 Å². The minimum atomic E-state index is 0.719. The largest absolute Gasteiger partial charge is 0.310 e. The summed E-state index contributed by atoms with van der Waals surface area (Å²) in [4.78, 5) is 0. The number of aromatic nitrogens is 2. The highest BCUT2D eigenvalue weighted by molar-refractivity contribution is 9.10. The topological polar surface area (TPSA) is 29.9 Å². The van der Waals surface area contributed by atoms with Crippen LogP contribution < -0.4 is 5.32 Å². The molecule has 0 saturated heterocycles. The Labute approximate surface area is 132 Å². The first-order chi connectivity index (χ1) is 9.56. The molecule has 2 aromatic rings. The van der Waals surface area contributed by atoms with Crippen molar-refractivity contribution >= 4 is 27.5 Å². The van der Waals surface area contributed by atoms with Crippen molar-refractivity contribution in [1.82, 2.24) is 15.1 Å². The molecule has 0 unspecified atom stereocenters. The van der Waals surface area contributed by atoms with Crippen LogP contribution in [0.25, 0.3) is 5.69 Å². The van der Waals surface area contributed by atoms with Crippen molar-refractivity contribution in [2.24, 2.45) is 0 Å². The van der Waals surface area contributed by atoms with Crippen molar-refractivity contribution in [3.05, 3.63) is 44.6 Å². The first kappa shape index (κ1) is 14.1. The van der Waals surface area contributed by atoms with Gasteiger partial charge in [-0.3, -0.25) is 0 Å². The Balaban J connectivity index is 1.86. The minimum absolute atomic E-state index is 0.719. The lowest BCUT2D eigenvalue weighted by Gasteiger charge is -2.09. The summed E-state index contributed by atoms with van der Waals surface area (Å²) in [6, 6.07) is 7.04. The smallest absolute Gasteiger partial charge is 0.0848 e. The first-order valence-electron chi connectivity index (χ1n) is 6.80. The van der Waals surface area contributed by atoms with Crippen molar-refractivity contribution in [2.45, 2.75) is 39.3 Å². The van der Waals surface area contributed by atoms with Gasteiger partial charge in [0.05, 0.1) is 22.1 Å². The number of rotatable bonds is 4. The maximum absolute atomic E-state index is 6.21. The van der Waals surface area contributed by atoms with Crippen molar-refractivity contribution in [1.29, 1.82) is 0 Å². The fourth-order valence-electron chi connectivity index (χ4n) is 2.23. The van der Waals surface area contributed by atoms with Gasteiger partial charge in [0, 0.05) is 17.1 Å². The third kappa shape index (κ3) is 2.78. The highest BCUT2D eigenvalue weighted by Gasteiger charge is 2.20. The maximum Gasteiger partial charge on any atom is 0.0848 e. The summed E-state index contributed by atoms with van der Waals surface area (Å²) in [6.07, 6.45) is 2.61. The van der Waals surface area contributed by atoms with E-state index in [0.29, 0.717) is 0 Å². The molecular formula is C15H17BrClN3. The quantitative estimate of drug-likeness (QED) is 0.893. The van der Waals surface area contributed by atoms with Crippen LogP contribution in [0.2, 0.25) is 5.02 Å². The van der Waals surface area contributed by atoms with Crippen molar-refractivity contribution < 1.29 is 0 Å². The van der Waals surface area contributed by atoms with Gasteiger partial charge < -0.3 is 5.32 Å². The molecule has 1 fully saturated rings. The van der Waals surface area contributed by atoms with Crippen molar-refractivity contribution in [3.63, 3.8) is 0 Å². The van der Waals surface area contributed by atoms with Gasteiger partial charge in [-0.2, -0.15) is 5.10 Å². The average Bonchev–Trinajstić information content (AvgIpc) is 3.21. The molecule has 3 rings (SSSR count). The molecule has 0 aliphatic heterocycles. The molecule has 1 N–H and O–H groups in total. The van der Waals surface area contributed by atoms with E-state index >= 15 is 0 Å². The molecule has 0 spiro atoms. The predicted octanol–water partition coefficient (Wildman–Crippen LogP) is 4.16. The predicted molar refractivity (Wildman–Crippen MR) is 85.6 cm³/mol. The number of hydrogen-bond donors (Lipinski definition) is 1. The summed E-state index contributed by atoms with van der Waals surface area (Å²) in [5.74, 6) is 0. The third-order valence-electron chi connectivity index (χ3n) is 3.64. The van der Waals surface area contributed by atoms with Crippen LogP contribution in [0.4, 0.5) is 0 Å². The average molecular weight is 355 g/mol. The van der Waals surface area contributed by atoms with E-state index in [9.17, 15) is 0 Å². The van der Waals surface area contributed by atoms with Gasteiger partial charge in [-0.05, 0) is 44.4 Å². The molecule has 106 valence electrons. The zero-order valence-electron chi connectivity index (χ0n) is 11.6. The SMILES string of the molecule is Cc1nn(-c2ccc(CNC3CC3)c(Br)c2)c(C)c1Cl. The van der Waals surface area contributed by atoms with Crippen LogP contribution in [0.3, 0.4) is 0 Å². The molecule has 1 saturated carbocycles. The number of nitrogens with zero attached hydrogens (tertiary/aromatic N) is 2. The van der Waals surface area contributed by atoms with Gasteiger partial charge in [-0.1, -0.05) is 33.6 Å². The molecule has 1 heterocycles. The van der Waals surface area contributed by atoms with Crippen molar-refractivity contribution in [3.8, 4) is 5.69 Å². The Morgan fingerprint density at radius 3 is 2.70 bits per heavy atom. The monoisotopic (exact) mass is 353 g/mol. The standard InChI is InChI=1S/C15H17BrClN3/c1-9-15(17)10(2)20(19-9)13-6-3-11(14(16)7-13)8-18-12-4-5-12/h3,6-7,12,18H,4-5,8H2,1-2H3. The van der Waals surface area contributed by atoms with Crippen LogP contribution in [0.1, 0.15) is 29.8 Å². The van der Waals surface area contributed by atoms with Gasteiger partial charge >= 0.3 is 0 Å². The molecule has 1 aliphatic rings. The van der Waals surface area contributed by atoms with E-state index < -0.39 is 0 Å². The maximum atomic E-state index is 6.21. The number of hydrogen-bond acceptors (Lipinski definition) is 2. The van der Waals surface area contributed by atoms with Crippen LogP contribution >= 0.6 is 27.5 Å². The second kappa shape index (κ2) is 5.51. The van der Waals surface area contributed by atoms with Gasteiger partial charge in [0.15, 0.2) is 0 Å². The second-order valence-corrected chi connectivity index (χ2v) is 6.56. The summed E-state index contributed by atoms with van der Waals surface area (Å²) in [6.45, 7) is 4.82. The van der Waals surface area contributed by atoms with Gasteiger partial charge in [-0.15, -0.1) is 0 Å². The highest BCUT2D eigenvalue weighted by atomic mass is 79.9. The molecule has 1 aromatic heterocycles. The summed E-state index contributed by atoms with van der Waals surface area (Å²) < 4.78 is 2.99. The van der Waals surface area contributed by atoms with Crippen LogP contribution in [-0.4, -0.2) is 15.8 Å². The number of aryl methyl sites for hydroxylation is 1. The molecule has 0 atom stereocenters. The fraction of sp³-hybridized carbons (Fsp3) is 0.400. The van der Waals surface area contributed by atoms with Crippen LogP contribution in [0.5, 0.6) is 0 Å². The van der Waals surface area contributed by atoms with E-state index in [0.717, 1.165) is 39.2 Å². The van der Waals surface area contributed by atoms with Crippen molar-refractivity contribution in [2.75, 3.05) is 0 Å². The molecule has 1 aromatic carbocycles. The number of benzene rings is 1. The lowest BCUT2D eigenvalue weighted by Crippen LogP contribution is -2.15. The van der Waals surface area contributed by atoms with Crippen LogP contribution in [-0.2, 0) is 6.54 Å². The molecule has 20 heavy (non-hydrogen) atoms. The molecule has 0 bridgehead atoms. The number of halogens is 2. The zero-order valence-corrected chi connectivity index (χ0v) is 13.9. The fourth-order valence-corrected chi connectivity index (χ4v) is 2.85. The zero-order chi connectivity index (χ0) is 14.3. The van der Waals surface area contributed by atoms with Crippen LogP contribution in [0, 0.1) is 13.8 Å². The first-order valence-corrected chi connectivity index (χ1v) is 7.97. The summed E-state index contributed by atoms with van der Waals surface area (Å²) >= 11 is 9.86. The molecule has 5 heteroatoms. The Morgan fingerprint density at radius 2 is 2.15 bits per heavy atom. The molecule has 3 nitrogen and oxygen atoms in total. The lowest BCUT2D eigenvalue weighted by molar-refractivity contribution is 0.685. The number of nitrogens with one attached hydrogen (secondary N) is 1. The van der Waals surface area contributed by atoms with E-state index in [-0.39, 0.29) is 0 Å². The summed E-state index contributed by atoms with van der Waals surface area (Å²) in [7, 11) is 0. The summed E-state index contributed by atoms with van der Waals surface area (Å²) in [5.41, 5.74) is 4.13. The lowest BCUT2D eigenvalue weighted by atomic mass is 10.2. The van der Waals surface area contributed by atoms with E-state index in [4.69, 9.17) is 11.6 Å². The minimum Gasteiger partial charge on any atom is -0.310 e. The van der Waals surface area contributed by atoms with Gasteiger partial charge in [-0.25, -0.2) is 4.68 Å². The van der Waals surface area contributed by atoms with Gasteiger partial charge in [0.1, 0.15) is 0 Å². The molecule has 0 radical (unpaired) electrons. The molecular weight excluding hydrogens is 338 g/mol. The molecule has 1 aliphatic carbocycles. The normalized spacial score (nSPS) is 14.8. The summed E-state index contributed by atoms with van der Waals surface area (Å²) in [5, 5.41) is 8.74. The van der Waals surface area contributed by atoms with Gasteiger partial charge in [0.25, 0.3) is 0 Å². The second-order valence-electron chi connectivity index (χ2n) is 5.33. The Hall–Kier alpha value is -0.840. The van der Waals surface area contributed by atoms with E-state index in [2.05, 4.69) is 44.5 Å². The van der Waals surface area contributed by atoms with E-state index in [1.165, 1.54) is 18.4 Å². The Kier molecular flexibility index (Phi) is 3.89. The highest BCUT2D eigenvalue weighted by Crippen LogP contribution is 2.26. The Morgan fingerprint density at radius 1 is 1.40 bits per heavy atom. The van der Waals surface area contributed by atoms with E-state index in [1.807, 2.05) is 18.5 Å². The third-order valence-corrected chi connectivity index (χ3v) is 4.93.